The Bertz CT molecular complexity index is 670. The zero-order valence-corrected chi connectivity index (χ0v) is 14.8. The van der Waals surface area contributed by atoms with E-state index in [4.69, 9.17) is 33.7 Å². The average molecular weight is 371 g/mol. The van der Waals surface area contributed by atoms with Crippen molar-refractivity contribution in [2.45, 2.75) is 11.3 Å². The fourth-order valence-electron chi connectivity index (χ4n) is 1.81. The van der Waals surface area contributed by atoms with Crippen LogP contribution in [-0.2, 0) is 4.79 Å². The van der Waals surface area contributed by atoms with Crippen molar-refractivity contribution in [3.63, 3.8) is 0 Å². The number of carbonyl (C=O) groups is 1. The van der Waals surface area contributed by atoms with Gasteiger partial charge in [0, 0.05) is 22.8 Å². The number of nitrogen functional groups attached to an aromatic ring is 1. The van der Waals surface area contributed by atoms with Crippen molar-refractivity contribution < 1.29 is 9.53 Å². The van der Waals surface area contributed by atoms with Crippen molar-refractivity contribution in [3.05, 3.63) is 46.4 Å². The van der Waals surface area contributed by atoms with E-state index >= 15 is 0 Å². The van der Waals surface area contributed by atoms with E-state index in [1.54, 1.807) is 31.0 Å². The molecule has 2 aromatic rings. The number of amides is 1. The molecule has 0 heterocycles. The molecule has 0 bridgehead atoms. The van der Waals surface area contributed by atoms with Gasteiger partial charge in [-0.3, -0.25) is 4.79 Å². The van der Waals surface area contributed by atoms with Gasteiger partial charge in [-0.1, -0.05) is 23.2 Å². The van der Waals surface area contributed by atoms with Crippen LogP contribution in [0.2, 0.25) is 10.0 Å². The Morgan fingerprint density at radius 2 is 1.83 bits per heavy atom. The molecule has 23 heavy (non-hydrogen) atoms. The van der Waals surface area contributed by atoms with Crippen molar-refractivity contribution >= 4 is 52.2 Å². The summed E-state index contributed by atoms with van der Waals surface area (Å²) in [6.07, 6.45) is 0.371. The Morgan fingerprint density at radius 1 is 1.22 bits per heavy atom. The summed E-state index contributed by atoms with van der Waals surface area (Å²) < 4.78 is 5.10. The number of methoxy groups -OCH3 is 1. The predicted octanol–water partition coefficient (Wildman–Crippen LogP) is 4.71. The molecule has 0 spiro atoms. The molecule has 0 aliphatic carbocycles. The second-order valence-electron chi connectivity index (χ2n) is 4.68. The highest BCUT2D eigenvalue weighted by atomic mass is 35.5. The molecule has 0 radical (unpaired) electrons. The molecule has 0 aliphatic heterocycles. The van der Waals surface area contributed by atoms with E-state index < -0.39 is 0 Å². The molecule has 2 rings (SSSR count). The number of nitrogens with one attached hydrogen (secondary N) is 1. The molecule has 7 heteroatoms. The van der Waals surface area contributed by atoms with Crippen LogP contribution in [0.25, 0.3) is 0 Å². The first-order valence-electron chi connectivity index (χ1n) is 6.81. The molecule has 0 aliphatic rings. The standard InChI is InChI=1S/C16H16Cl2N2O2S/c1-22-11-2-4-12(5-3-11)23-7-6-15(21)20-10-8-13(17)16(19)14(18)9-10/h2-5,8-9H,6-7,19H2,1H3,(H,20,21). The molecular formula is C16H16Cl2N2O2S. The summed E-state index contributed by atoms with van der Waals surface area (Å²) in [5, 5.41) is 3.40. The van der Waals surface area contributed by atoms with E-state index in [1.165, 1.54) is 0 Å². The van der Waals surface area contributed by atoms with E-state index in [-0.39, 0.29) is 5.91 Å². The van der Waals surface area contributed by atoms with Crippen LogP contribution in [0.5, 0.6) is 5.75 Å². The number of carbonyl (C=O) groups excluding carboxylic acids is 1. The fourth-order valence-corrected chi connectivity index (χ4v) is 3.15. The van der Waals surface area contributed by atoms with Gasteiger partial charge in [0.05, 0.1) is 22.8 Å². The summed E-state index contributed by atoms with van der Waals surface area (Å²) in [6.45, 7) is 0. The second kappa shape index (κ2) is 8.34. The number of hydrogen-bond acceptors (Lipinski definition) is 4. The summed E-state index contributed by atoms with van der Waals surface area (Å²) in [7, 11) is 1.63. The lowest BCUT2D eigenvalue weighted by Crippen LogP contribution is -2.12. The van der Waals surface area contributed by atoms with Gasteiger partial charge in [0.15, 0.2) is 0 Å². The molecule has 4 nitrogen and oxygen atoms in total. The third-order valence-corrected chi connectivity index (χ3v) is 4.66. The topological polar surface area (TPSA) is 64.3 Å². The maximum Gasteiger partial charge on any atom is 0.225 e. The lowest BCUT2D eigenvalue weighted by Gasteiger charge is -2.08. The zero-order valence-electron chi connectivity index (χ0n) is 12.4. The van der Waals surface area contributed by atoms with Crippen molar-refractivity contribution in [2.75, 3.05) is 23.9 Å². The van der Waals surface area contributed by atoms with Crippen molar-refractivity contribution in [1.29, 1.82) is 0 Å². The van der Waals surface area contributed by atoms with Crippen LogP contribution in [0.15, 0.2) is 41.3 Å². The Balaban J connectivity index is 1.83. The highest BCUT2D eigenvalue weighted by Gasteiger charge is 2.08. The van der Waals surface area contributed by atoms with Gasteiger partial charge in [-0.05, 0) is 36.4 Å². The SMILES string of the molecule is COc1ccc(SCCC(=O)Nc2cc(Cl)c(N)c(Cl)c2)cc1. The monoisotopic (exact) mass is 370 g/mol. The Labute approximate surface area is 149 Å². The van der Waals surface area contributed by atoms with Gasteiger partial charge in [0.25, 0.3) is 0 Å². The number of benzene rings is 2. The Kier molecular flexibility index (Phi) is 6.45. The minimum atomic E-state index is -0.108. The highest BCUT2D eigenvalue weighted by molar-refractivity contribution is 7.99. The van der Waals surface area contributed by atoms with E-state index in [9.17, 15) is 4.79 Å². The summed E-state index contributed by atoms with van der Waals surface area (Å²) in [4.78, 5) is 13.0. The molecule has 2 aromatic carbocycles. The minimum absolute atomic E-state index is 0.108. The summed E-state index contributed by atoms with van der Waals surface area (Å²) >= 11 is 13.5. The normalized spacial score (nSPS) is 10.4. The predicted molar refractivity (Wildman–Crippen MR) is 97.8 cm³/mol. The van der Waals surface area contributed by atoms with Crippen LogP contribution < -0.4 is 15.8 Å². The van der Waals surface area contributed by atoms with Crippen LogP contribution in [0.4, 0.5) is 11.4 Å². The summed E-state index contributed by atoms with van der Waals surface area (Å²) in [5.74, 6) is 1.36. The van der Waals surface area contributed by atoms with Gasteiger partial charge in [0.1, 0.15) is 5.75 Å². The molecule has 3 N–H and O–H groups in total. The molecule has 0 atom stereocenters. The van der Waals surface area contributed by atoms with E-state index in [0.29, 0.717) is 33.6 Å². The first-order chi connectivity index (χ1) is 11.0. The number of anilines is 2. The number of rotatable bonds is 6. The van der Waals surface area contributed by atoms with Crippen LogP contribution in [0, 0.1) is 0 Å². The van der Waals surface area contributed by atoms with Gasteiger partial charge in [-0.25, -0.2) is 0 Å². The maximum atomic E-state index is 11.9. The number of ether oxygens (including phenoxy) is 1. The zero-order chi connectivity index (χ0) is 16.8. The third-order valence-electron chi connectivity index (χ3n) is 3.02. The third kappa shape index (κ3) is 5.23. The Morgan fingerprint density at radius 3 is 2.39 bits per heavy atom. The van der Waals surface area contributed by atoms with Crippen molar-refractivity contribution in [1.82, 2.24) is 0 Å². The maximum absolute atomic E-state index is 11.9. The lowest BCUT2D eigenvalue weighted by atomic mass is 10.2. The molecule has 0 saturated heterocycles. The van der Waals surface area contributed by atoms with Crippen LogP contribution >= 0.6 is 35.0 Å². The van der Waals surface area contributed by atoms with Gasteiger partial charge in [-0.15, -0.1) is 11.8 Å². The molecule has 0 aromatic heterocycles. The van der Waals surface area contributed by atoms with Gasteiger partial charge < -0.3 is 15.8 Å². The smallest absolute Gasteiger partial charge is 0.225 e. The molecule has 0 fully saturated rings. The van der Waals surface area contributed by atoms with E-state index in [2.05, 4.69) is 5.32 Å². The molecule has 122 valence electrons. The number of halogens is 2. The van der Waals surface area contributed by atoms with Gasteiger partial charge in [0.2, 0.25) is 5.91 Å². The molecule has 0 unspecified atom stereocenters. The van der Waals surface area contributed by atoms with Crippen LogP contribution in [0.1, 0.15) is 6.42 Å². The second-order valence-corrected chi connectivity index (χ2v) is 6.66. The molecule has 0 saturated carbocycles. The quantitative estimate of drug-likeness (QED) is 0.570. The van der Waals surface area contributed by atoms with E-state index in [0.717, 1.165) is 10.6 Å². The average Bonchev–Trinajstić information content (AvgIpc) is 2.53. The van der Waals surface area contributed by atoms with Gasteiger partial charge in [-0.2, -0.15) is 0 Å². The number of nitrogens with two attached hydrogens (primary N) is 1. The van der Waals surface area contributed by atoms with Crippen LogP contribution in [0.3, 0.4) is 0 Å². The largest absolute Gasteiger partial charge is 0.497 e. The first-order valence-corrected chi connectivity index (χ1v) is 8.55. The van der Waals surface area contributed by atoms with Crippen LogP contribution in [-0.4, -0.2) is 18.8 Å². The van der Waals surface area contributed by atoms with E-state index in [1.807, 2.05) is 24.3 Å². The summed E-state index contributed by atoms with van der Waals surface area (Å²) in [5.41, 5.74) is 6.50. The molecule has 1 amide bonds. The minimum Gasteiger partial charge on any atom is -0.497 e. The fraction of sp³-hybridized carbons (Fsp3) is 0.188. The van der Waals surface area contributed by atoms with Gasteiger partial charge >= 0.3 is 0 Å². The lowest BCUT2D eigenvalue weighted by molar-refractivity contribution is -0.115. The number of hydrogen-bond donors (Lipinski definition) is 2. The highest BCUT2D eigenvalue weighted by Crippen LogP contribution is 2.31. The Hall–Kier alpha value is -1.56. The molecular weight excluding hydrogens is 355 g/mol. The van der Waals surface area contributed by atoms with Crippen molar-refractivity contribution in [2.24, 2.45) is 0 Å². The van der Waals surface area contributed by atoms with Crippen molar-refractivity contribution in [3.8, 4) is 5.75 Å². The summed E-state index contributed by atoms with van der Waals surface area (Å²) in [6, 6.07) is 10.9. The first kappa shape index (κ1) is 17.8. The number of thioether (sulfide) groups is 1.